The molecule has 0 aliphatic heterocycles. The zero-order chi connectivity index (χ0) is 13.9. The van der Waals surface area contributed by atoms with E-state index < -0.39 is 0 Å². The van der Waals surface area contributed by atoms with E-state index in [1.54, 1.807) is 11.3 Å². The van der Waals surface area contributed by atoms with Gasteiger partial charge in [0.1, 0.15) is 5.82 Å². The number of aryl methyl sites for hydroxylation is 3. The van der Waals surface area contributed by atoms with E-state index in [0.717, 1.165) is 35.5 Å². The Hall–Kier alpha value is -2.19. The number of hydrogen-bond donors (Lipinski definition) is 0. The van der Waals surface area contributed by atoms with Gasteiger partial charge in [-0.3, -0.25) is 0 Å². The highest BCUT2D eigenvalue weighted by atomic mass is 32.1. The maximum atomic E-state index is 8.95. The first-order valence-corrected chi connectivity index (χ1v) is 7.37. The molecule has 0 aliphatic rings. The molecule has 1 aromatic carbocycles. The van der Waals surface area contributed by atoms with Gasteiger partial charge in [0.05, 0.1) is 34.7 Å². The van der Waals surface area contributed by atoms with Crippen LogP contribution in [0.4, 0.5) is 0 Å². The molecule has 3 rings (SSSR count). The molecule has 0 bridgehead atoms. The van der Waals surface area contributed by atoms with Gasteiger partial charge in [-0.1, -0.05) is 12.1 Å². The minimum Gasteiger partial charge on any atom is -0.327 e. The van der Waals surface area contributed by atoms with Crippen molar-refractivity contribution in [2.45, 2.75) is 26.3 Å². The lowest BCUT2D eigenvalue weighted by Gasteiger charge is -2.06. The number of rotatable bonds is 4. The van der Waals surface area contributed by atoms with E-state index in [1.165, 1.54) is 4.88 Å². The zero-order valence-corrected chi connectivity index (χ0v) is 12.0. The van der Waals surface area contributed by atoms with E-state index in [-0.39, 0.29) is 0 Å². The second-order valence-electron chi connectivity index (χ2n) is 4.61. The van der Waals surface area contributed by atoms with Crippen LogP contribution in [-0.4, -0.2) is 14.5 Å². The predicted octanol–water partition coefficient (Wildman–Crippen LogP) is 3.11. The number of aromatic nitrogens is 3. The van der Waals surface area contributed by atoms with Gasteiger partial charge in [-0.15, -0.1) is 11.3 Å². The number of nitriles is 1. The SMILES string of the molecule is Cc1ncsc1CCn1c(CC#N)nc2ccccc21. The third-order valence-corrected chi connectivity index (χ3v) is 4.37. The summed E-state index contributed by atoms with van der Waals surface area (Å²) in [6, 6.07) is 10.2. The van der Waals surface area contributed by atoms with Crippen LogP contribution in [0.1, 0.15) is 16.4 Å². The Morgan fingerprint density at radius 3 is 2.95 bits per heavy atom. The van der Waals surface area contributed by atoms with Gasteiger partial charge in [-0.2, -0.15) is 5.26 Å². The Kier molecular flexibility index (Phi) is 3.48. The molecular weight excluding hydrogens is 268 g/mol. The monoisotopic (exact) mass is 282 g/mol. The summed E-state index contributed by atoms with van der Waals surface area (Å²) in [7, 11) is 0. The molecule has 2 heterocycles. The molecule has 0 aliphatic carbocycles. The van der Waals surface area contributed by atoms with Crippen molar-refractivity contribution in [1.82, 2.24) is 14.5 Å². The summed E-state index contributed by atoms with van der Waals surface area (Å²) in [4.78, 5) is 10.1. The van der Waals surface area contributed by atoms with Gasteiger partial charge < -0.3 is 4.57 Å². The van der Waals surface area contributed by atoms with Crippen molar-refractivity contribution in [3.05, 3.63) is 46.2 Å². The Morgan fingerprint density at radius 2 is 2.20 bits per heavy atom. The number of thiazole rings is 1. The second kappa shape index (κ2) is 5.43. The van der Waals surface area contributed by atoms with E-state index in [2.05, 4.69) is 26.7 Å². The van der Waals surface area contributed by atoms with Crippen molar-refractivity contribution in [3.63, 3.8) is 0 Å². The van der Waals surface area contributed by atoms with Crippen LogP contribution in [0.25, 0.3) is 11.0 Å². The third-order valence-electron chi connectivity index (χ3n) is 3.38. The van der Waals surface area contributed by atoms with Crippen molar-refractivity contribution < 1.29 is 0 Å². The fourth-order valence-electron chi connectivity index (χ4n) is 2.36. The molecule has 0 fully saturated rings. The highest BCUT2D eigenvalue weighted by molar-refractivity contribution is 7.09. The molecule has 0 radical (unpaired) electrons. The Bertz CT molecular complexity index is 779. The molecule has 0 spiro atoms. The molecular formula is C15H14N4S. The first-order chi connectivity index (χ1) is 9.79. The van der Waals surface area contributed by atoms with Crippen LogP contribution in [-0.2, 0) is 19.4 Å². The van der Waals surface area contributed by atoms with E-state index in [1.807, 2.05) is 30.6 Å². The highest BCUT2D eigenvalue weighted by Gasteiger charge is 2.11. The second-order valence-corrected chi connectivity index (χ2v) is 5.55. The number of nitrogens with zero attached hydrogens (tertiary/aromatic N) is 4. The number of para-hydroxylation sites is 2. The van der Waals surface area contributed by atoms with Crippen molar-refractivity contribution >= 4 is 22.4 Å². The van der Waals surface area contributed by atoms with E-state index in [9.17, 15) is 0 Å². The van der Waals surface area contributed by atoms with Crippen LogP contribution in [0.15, 0.2) is 29.8 Å². The van der Waals surface area contributed by atoms with E-state index in [4.69, 9.17) is 5.26 Å². The minimum absolute atomic E-state index is 0.344. The largest absolute Gasteiger partial charge is 0.327 e. The third kappa shape index (κ3) is 2.30. The molecule has 0 N–H and O–H groups in total. The summed E-state index contributed by atoms with van der Waals surface area (Å²) in [5.41, 5.74) is 5.03. The molecule has 0 saturated carbocycles. The maximum absolute atomic E-state index is 8.95. The first kappa shape index (κ1) is 12.8. The van der Waals surface area contributed by atoms with Crippen LogP contribution in [0.2, 0.25) is 0 Å². The van der Waals surface area contributed by atoms with Crippen LogP contribution >= 0.6 is 11.3 Å². The average Bonchev–Trinajstić information content (AvgIpc) is 3.01. The molecule has 0 amide bonds. The summed E-state index contributed by atoms with van der Waals surface area (Å²) in [5.74, 6) is 0.843. The molecule has 3 aromatic rings. The Morgan fingerprint density at radius 1 is 1.35 bits per heavy atom. The Labute approximate surface area is 121 Å². The van der Waals surface area contributed by atoms with Gasteiger partial charge in [0.25, 0.3) is 0 Å². The first-order valence-electron chi connectivity index (χ1n) is 6.49. The van der Waals surface area contributed by atoms with E-state index in [0.29, 0.717) is 6.42 Å². The molecule has 20 heavy (non-hydrogen) atoms. The molecule has 100 valence electrons. The molecule has 5 heteroatoms. The van der Waals surface area contributed by atoms with Gasteiger partial charge >= 0.3 is 0 Å². The van der Waals surface area contributed by atoms with Crippen LogP contribution in [0.3, 0.4) is 0 Å². The van der Waals surface area contributed by atoms with Gasteiger partial charge in [-0.05, 0) is 19.1 Å². The van der Waals surface area contributed by atoms with Gasteiger partial charge in [-0.25, -0.2) is 9.97 Å². The number of benzene rings is 1. The normalized spacial score (nSPS) is 10.8. The quantitative estimate of drug-likeness (QED) is 0.739. The number of hydrogen-bond acceptors (Lipinski definition) is 4. The summed E-state index contributed by atoms with van der Waals surface area (Å²) < 4.78 is 2.15. The number of fused-ring (bicyclic) bond motifs is 1. The summed E-state index contributed by atoms with van der Waals surface area (Å²) in [6.45, 7) is 2.87. The zero-order valence-electron chi connectivity index (χ0n) is 11.2. The summed E-state index contributed by atoms with van der Waals surface area (Å²) in [5, 5.41) is 8.95. The molecule has 4 nitrogen and oxygen atoms in total. The lowest BCUT2D eigenvalue weighted by atomic mass is 10.2. The summed E-state index contributed by atoms with van der Waals surface area (Å²) >= 11 is 1.69. The molecule has 0 saturated heterocycles. The molecule has 0 atom stereocenters. The Balaban J connectivity index is 1.95. The fraction of sp³-hybridized carbons (Fsp3) is 0.267. The predicted molar refractivity (Wildman–Crippen MR) is 79.6 cm³/mol. The topological polar surface area (TPSA) is 54.5 Å². The molecule has 2 aromatic heterocycles. The lowest BCUT2D eigenvalue weighted by Crippen LogP contribution is -2.06. The standard InChI is InChI=1S/C15H14N4S/c1-11-14(20-10-17-11)7-9-19-13-5-3-2-4-12(13)18-15(19)6-8-16/h2-5,10H,6-7,9H2,1H3. The fourth-order valence-corrected chi connectivity index (χ4v) is 3.13. The van der Waals surface area contributed by atoms with Gasteiger partial charge in [0, 0.05) is 17.8 Å². The summed E-state index contributed by atoms with van der Waals surface area (Å²) in [6.07, 6.45) is 1.27. The van der Waals surface area contributed by atoms with Crippen LogP contribution in [0, 0.1) is 18.3 Å². The molecule has 0 unspecified atom stereocenters. The van der Waals surface area contributed by atoms with Gasteiger partial charge in [0.2, 0.25) is 0 Å². The lowest BCUT2D eigenvalue weighted by molar-refractivity contribution is 0.685. The van der Waals surface area contributed by atoms with Crippen molar-refractivity contribution in [1.29, 1.82) is 5.26 Å². The average molecular weight is 282 g/mol. The van der Waals surface area contributed by atoms with Crippen molar-refractivity contribution in [2.24, 2.45) is 0 Å². The van der Waals surface area contributed by atoms with Gasteiger partial charge in [0.15, 0.2) is 0 Å². The van der Waals surface area contributed by atoms with Crippen molar-refractivity contribution in [3.8, 4) is 6.07 Å². The smallest absolute Gasteiger partial charge is 0.124 e. The highest BCUT2D eigenvalue weighted by Crippen LogP contribution is 2.19. The van der Waals surface area contributed by atoms with E-state index >= 15 is 0 Å². The van der Waals surface area contributed by atoms with Crippen LogP contribution < -0.4 is 0 Å². The van der Waals surface area contributed by atoms with Crippen LogP contribution in [0.5, 0.6) is 0 Å². The number of imidazole rings is 1. The van der Waals surface area contributed by atoms with Crippen molar-refractivity contribution in [2.75, 3.05) is 0 Å². The minimum atomic E-state index is 0.344. The maximum Gasteiger partial charge on any atom is 0.124 e.